The summed E-state index contributed by atoms with van der Waals surface area (Å²) >= 11 is 0. The average Bonchev–Trinajstić information content (AvgIpc) is 2.32. The third kappa shape index (κ3) is 3.72. The van der Waals surface area contributed by atoms with Gasteiger partial charge in [-0.15, -0.1) is 4.91 Å². The van der Waals surface area contributed by atoms with Crippen LogP contribution in [0.5, 0.6) is 0 Å². The fraction of sp³-hybridized carbons (Fsp3) is 0.600. The van der Waals surface area contributed by atoms with Crippen molar-refractivity contribution in [2.24, 2.45) is 5.18 Å². The molecule has 1 aromatic heterocycles. The first kappa shape index (κ1) is 13.5. The molecule has 1 rings (SSSR count). The molecule has 0 aromatic carbocycles. The molecular formula is C10H15N3O4. The Labute approximate surface area is 98.1 Å². The van der Waals surface area contributed by atoms with Gasteiger partial charge in [0.05, 0.1) is 11.9 Å². The third-order valence-electron chi connectivity index (χ3n) is 2.09. The first-order valence-corrected chi connectivity index (χ1v) is 5.36. The number of hydrogen-bond acceptors (Lipinski definition) is 6. The topological polar surface area (TPSA) is 93.6 Å². The number of nitroso groups, excluding NO2 is 1. The lowest BCUT2D eigenvalue weighted by atomic mass is 10.2. The van der Waals surface area contributed by atoms with Crippen LogP contribution in [0.25, 0.3) is 0 Å². The number of nitrogens with one attached hydrogen (secondary N) is 1. The molecule has 0 amide bonds. The average molecular weight is 241 g/mol. The number of aromatic amines is 1. The summed E-state index contributed by atoms with van der Waals surface area (Å²) in [5.74, 6) is -0.127. The van der Waals surface area contributed by atoms with Crippen LogP contribution in [0.1, 0.15) is 19.4 Å². The molecule has 0 fully saturated rings. The van der Waals surface area contributed by atoms with Gasteiger partial charge in [-0.3, -0.25) is 4.79 Å². The lowest BCUT2D eigenvalue weighted by Crippen LogP contribution is -2.25. The van der Waals surface area contributed by atoms with Gasteiger partial charge in [0.2, 0.25) is 5.82 Å². The van der Waals surface area contributed by atoms with E-state index in [9.17, 15) is 9.70 Å². The largest absolute Gasteiger partial charge is 0.353 e. The van der Waals surface area contributed by atoms with Gasteiger partial charge >= 0.3 is 0 Å². The Morgan fingerprint density at radius 3 is 2.59 bits per heavy atom. The molecule has 7 nitrogen and oxygen atoms in total. The molecule has 0 aliphatic heterocycles. The van der Waals surface area contributed by atoms with Gasteiger partial charge in [-0.25, -0.2) is 4.98 Å². The molecule has 1 heterocycles. The second-order valence-electron chi connectivity index (χ2n) is 3.17. The summed E-state index contributed by atoms with van der Waals surface area (Å²) in [5, 5.41) is 2.71. The van der Waals surface area contributed by atoms with Crippen molar-refractivity contribution < 1.29 is 9.47 Å². The third-order valence-corrected chi connectivity index (χ3v) is 2.09. The highest BCUT2D eigenvalue weighted by Gasteiger charge is 2.16. The highest BCUT2D eigenvalue weighted by atomic mass is 16.7. The molecule has 0 aliphatic rings. The van der Waals surface area contributed by atoms with Crippen LogP contribution in [-0.2, 0) is 15.9 Å². The van der Waals surface area contributed by atoms with Crippen LogP contribution in [0.3, 0.4) is 0 Å². The molecule has 94 valence electrons. The van der Waals surface area contributed by atoms with Gasteiger partial charge in [0.15, 0.2) is 6.29 Å². The Balaban J connectivity index is 2.91. The van der Waals surface area contributed by atoms with Crippen molar-refractivity contribution in [1.29, 1.82) is 0 Å². The molecule has 0 unspecified atom stereocenters. The van der Waals surface area contributed by atoms with Crippen LogP contribution in [0.15, 0.2) is 16.3 Å². The Morgan fingerprint density at radius 1 is 1.41 bits per heavy atom. The first-order valence-electron chi connectivity index (χ1n) is 5.36. The summed E-state index contributed by atoms with van der Waals surface area (Å²) in [5.41, 5.74) is -0.228. The van der Waals surface area contributed by atoms with Crippen LogP contribution in [0.4, 0.5) is 5.82 Å². The van der Waals surface area contributed by atoms with Gasteiger partial charge in [-0.2, -0.15) is 0 Å². The van der Waals surface area contributed by atoms with Gasteiger partial charge in [0, 0.05) is 19.6 Å². The number of hydrogen-bond donors (Lipinski definition) is 1. The summed E-state index contributed by atoms with van der Waals surface area (Å²) in [7, 11) is 0. The Morgan fingerprint density at radius 2 is 2.06 bits per heavy atom. The molecule has 0 bridgehead atoms. The second kappa shape index (κ2) is 6.87. The smallest absolute Gasteiger partial charge is 0.256 e. The molecule has 0 aliphatic carbocycles. The second-order valence-corrected chi connectivity index (χ2v) is 3.17. The van der Waals surface area contributed by atoms with Crippen molar-refractivity contribution >= 4 is 5.82 Å². The Hall–Kier alpha value is -1.60. The minimum Gasteiger partial charge on any atom is -0.353 e. The number of H-pyrrole nitrogens is 1. The van der Waals surface area contributed by atoms with Crippen LogP contribution in [0, 0.1) is 4.91 Å². The summed E-state index contributed by atoms with van der Waals surface area (Å²) < 4.78 is 10.6. The highest BCUT2D eigenvalue weighted by molar-refractivity contribution is 5.35. The quantitative estimate of drug-likeness (QED) is 0.570. The van der Waals surface area contributed by atoms with Crippen molar-refractivity contribution in [1.82, 2.24) is 9.97 Å². The standard InChI is InChI=1S/C10H15N3O4/c1-3-16-8(17-4-2)5-7-9(13-15)11-6-12-10(7)14/h6,8H,3-5H2,1-2H3,(H,11,12,14). The van der Waals surface area contributed by atoms with Gasteiger partial charge < -0.3 is 14.5 Å². The molecule has 7 heteroatoms. The monoisotopic (exact) mass is 241 g/mol. The van der Waals surface area contributed by atoms with Gasteiger partial charge in [-0.1, -0.05) is 0 Å². The molecule has 0 atom stereocenters. The van der Waals surface area contributed by atoms with Crippen LogP contribution in [0.2, 0.25) is 0 Å². The molecular weight excluding hydrogens is 226 g/mol. The first-order chi connectivity index (χ1) is 8.22. The molecule has 0 spiro atoms. The number of aromatic nitrogens is 2. The van der Waals surface area contributed by atoms with E-state index < -0.39 is 11.8 Å². The fourth-order valence-corrected chi connectivity index (χ4v) is 1.39. The molecule has 0 saturated carbocycles. The number of rotatable bonds is 7. The fourth-order valence-electron chi connectivity index (χ4n) is 1.39. The van der Waals surface area contributed by atoms with E-state index in [1.54, 1.807) is 0 Å². The zero-order valence-corrected chi connectivity index (χ0v) is 9.80. The number of ether oxygens (including phenoxy) is 2. The van der Waals surface area contributed by atoms with E-state index in [0.717, 1.165) is 6.33 Å². The van der Waals surface area contributed by atoms with E-state index in [1.807, 2.05) is 13.8 Å². The highest BCUT2D eigenvalue weighted by Crippen LogP contribution is 2.13. The van der Waals surface area contributed by atoms with Gasteiger partial charge in [-0.05, 0) is 19.0 Å². The summed E-state index contributed by atoms with van der Waals surface area (Å²) in [6.07, 6.45) is 0.709. The van der Waals surface area contributed by atoms with E-state index in [1.165, 1.54) is 0 Å². The van der Waals surface area contributed by atoms with Crippen molar-refractivity contribution in [3.05, 3.63) is 27.2 Å². The summed E-state index contributed by atoms with van der Waals surface area (Å²) in [6, 6.07) is 0. The summed E-state index contributed by atoms with van der Waals surface area (Å²) in [6.45, 7) is 4.54. The van der Waals surface area contributed by atoms with E-state index in [-0.39, 0.29) is 17.8 Å². The lowest BCUT2D eigenvalue weighted by Gasteiger charge is -2.16. The predicted octanol–water partition coefficient (Wildman–Crippen LogP) is 1.11. The molecule has 0 radical (unpaired) electrons. The van der Waals surface area contributed by atoms with Gasteiger partial charge in [0.1, 0.15) is 0 Å². The zero-order chi connectivity index (χ0) is 12.7. The van der Waals surface area contributed by atoms with E-state index in [2.05, 4.69) is 15.1 Å². The van der Waals surface area contributed by atoms with Crippen molar-refractivity contribution in [3.63, 3.8) is 0 Å². The van der Waals surface area contributed by atoms with Crippen LogP contribution >= 0.6 is 0 Å². The minimum absolute atomic E-state index is 0.127. The SMILES string of the molecule is CCOC(Cc1c(N=O)nc[nH]c1=O)OCC. The minimum atomic E-state index is -0.573. The molecule has 1 N–H and O–H groups in total. The maximum atomic E-state index is 11.5. The Kier molecular flexibility index (Phi) is 5.44. The maximum absolute atomic E-state index is 11.5. The molecule has 1 aromatic rings. The van der Waals surface area contributed by atoms with E-state index in [4.69, 9.17) is 9.47 Å². The molecule has 0 saturated heterocycles. The normalized spacial score (nSPS) is 10.8. The molecule has 17 heavy (non-hydrogen) atoms. The van der Waals surface area contributed by atoms with Crippen LogP contribution < -0.4 is 5.56 Å². The Bertz CT molecular complexity index is 412. The van der Waals surface area contributed by atoms with Gasteiger partial charge in [0.25, 0.3) is 5.56 Å². The van der Waals surface area contributed by atoms with Crippen molar-refractivity contribution in [3.8, 4) is 0 Å². The predicted molar refractivity (Wildman–Crippen MR) is 61.1 cm³/mol. The van der Waals surface area contributed by atoms with Crippen molar-refractivity contribution in [2.45, 2.75) is 26.6 Å². The van der Waals surface area contributed by atoms with E-state index >= 15 is 0 Å². The van der Waals surface area contributed by atoms with Crippen molar-refractivity contribution in [2.75, 3.05) is 13.2 Å². The lowest BCUT2D eigenvalue weighted by molar-refractivity contribution is -0.134. The summed E-state index contributed by atoms with van der Waals surface area (Å²) in [4.78, 5) is 28.1. The van der Waals surface area contributed by atoms with E-state index in [0.29, 0.717) is 13.2 Å². The van der Waals surface area contributed by atoms with Crippen LogP contribution in [-0.4, -0.2) is 29.5 Å². The maximum Gasteiger partial charge on any atom is 0.256 e. The zero-order valence-electron chi connectivity index (χ0n) is 9.80. The number of nitrogens with zero attached hydrogens (tertiary/aromatic N) is 2.